The van der Waals surface area contributed by atoms with Gasteiger partial charge >= 0.3 is 0 Å². The van der Waals surface area contributed by atoms with Gasteiger partial charge in [-0.05, 0) is 42.0 Å². The van der Waals surface area contributed by atoms with E-state index in [4.69, 9.17) is 4.63 Å². The molecule has 0 spiro atoms. The molecule has 0 atom stereocenters. The van der Waals surface area contributed by atoms with Crippen LogP contribution in [0.5, 0.6) is 0 Å². The summed E-state index contributed by atoms with van der Waals surface area (Å²) < 4.78 is 6.87. The Kier molecular flexibility index (Phi) is 3.96. The van der Waals surface area contributed by atoms with Gasteiger partial charge in [0, 0.05) is 32.4 Å². The number of aromatic nitrogens is 4. The molecular weight excluding hydrogens is 266 g/mol. The van der Waals surface area contributed by atoms with Crippen LogP contribution in [0.3, 0.4) is 0 Å². The Balaban J connectivity index is 1.55. The second-order valence-electron chi connectivity index (χ2n) is 5.34. The molecule has 0 fully saturated rings. The molecule has 0 amide bonds. The number of rotatable bonds is 6. The van der Waals surface area contributed by atoms with Gasteiger partial charge in [-0.1, -0.05) is 12.1 Å². The van der Waals surface area contributed by atoms with Crippen molar-refractivity contribution in [1.29, 1.82) is 0 Å². The summed E-state index contributed by atoms with van der Waals surface area (Å²) in [5, 5.41) is 7.85. The molecule has 0 aliphatic rings. The van der Waals surface area contributed by atoms with Crippen LogP contribution in [0.25, 0.3) is 11.0 Å². The molecule has 0 N–H and O–H groups in total. The minimum absolute atomic E-state index is 0.814. The minimum atomic E-state index is 0.814. The SMILES string of the molecule is CN(CCCc1nccn1C)Cc1cccc2nonc12. The lowest BCUT2D eigenvalue weighted by atomic mass is 10.1. The summed E-state index contributed by atoms with van der Waals surface area (Å²) >= 11 is 0. The quantitative estimate of drug-likeness (QED) is 0.693. The van der Waals surface area contributed by atoms with E-state index in [0.717, 1.165) is 48.4 Å². The monoisotopic (exact) mass is 285 g/mol. The molecule has 2 heterocycles. The third-order valence-electron chi connectivity index (χ3n) is 3.67. The molecule has 0 saturated heterocycles. The van der Waals surface area contributed by atoms with E-state index >= 15 is 0 Å². The van der Waals surface area contributed by atoms with Crippen molar-refractivity contribution in [2.24, 2.45) is 7.05 Å². The first-order chi connectivity index (χ1) is 10.2. The van der Waals surface area contributed by atoms with Crippen LogP contribution in [-0.2, 0) is 20.0 Å². The number of benzene rings is 1. The van der Waals surface area contributed by atoms with Crippen LogP contribution in [0.4, 0.5) is 0 Å². The van der Waals surface area contributed by atoms with Crippen molar-refractivity contribution in [3.8, 4) is 0 Å². The zero-order valence-corrected chi connectivity index (χ0v) is 12.4. The van der Waals surface area contributed by atoms with Gasteiger partial charge in [0.15, 0.2) is 0 Å². The fraction of sp³-hybridized carbons (Fsp3) is 0.400. The van der Waals surface area contributed by atoms with Gasteiger partial charge in [-0.25, -0.2) is 9.61 Å². The lowest BCUT2D eigenvalue weighted by molar-refractivity contribution is 0.311. The summed E-state index contributed by atoms with van der Waals surface area (Å²) in [5.41, 5.74) is 2.82. The molecule has 0 aliphatic carbocycles. The summed E-state index contributed by atoms with van der Waals surface area (Å²) in [5.74, 6) is 1.13. The van der Waals surface area contributed by atoms with Crippen LogP contribution in [0.15, 0.2) is 35.2 Å². The Morgan fingerprint density at radius 3 is 3.00 bits per heavy atom. The van der Waals surface area contributed by atoms with E-state index < -0.39 is 0 Å². The fourth-order valence-electron chi connectivity index (χ4n) is 2.50. The summed E-state index contributed by atoms with van der Waals surface area (Å²) in [4.78, 5) is 6.63. The molecule has 3 rings (SSSR count). The fourth-order valence-corrected chi connectivity index (χ4v) is 2.50. The van der Waals surface area contributed by atoms with Gasteiger partial charge in [-0.2, -0.15) is 0 Å². The van der Waals surface area contributed by atoms with Gasteiger partial charge in [0.1, 0.15) is 16.9 Å². The Hall–Kier alpha value is -2.21. The molecule has 6 heteroatoms. The molecule has 2 aromatic heterocycles. The van der Waals surface area contributed by atoms with Crippen molar-refractivity contribution >= 4 is 11.0 Å². The van der Waals surface area contributed by atoms with E-state index in [9.17, 15) is 0 Å². The highest BCUT2D eigenvalue weighted by Gasteiger charge is 2.09. The van der Waals surface area contributed by atoms with Crippen molar-refractivity contribution in [1.82, 2.24) is 24.8 Å². The largest absolute Gasteiger partial charge is 0.338 e. The Morgan fingerprint density at radius 2 is 2.19 bits per heavy atom. The van der Waals surface area contributed by atoms with E-state index in [-0.39, 0.29) is 0 Å². The first kappa shape index (κ1) is 13.8. The smallest absolute Gasteiger partial charge is 0.139 e. The topological polar surface area (TPSA) is 60.0 Å². The van der Waals surface area contributed by atoms with E-state index in [1.54, 1.807) is 0 Å². The second kappa shape index (κ2) is 6.05. The van der Waals surface area contributed by atoms with Gasteiger partial charge < -0.3 is 9.47 Å². The molecule has 3 aromatic rings. The molecule has 1 aromatic carbocycles. The highest BCUT2D eigenvalue weighted by molar-refractivity contribution is 5.76. The second-order valence-corrected chi connectivity index (χ2v) is 5.34. The standard InChI is InChI=1S/C15H19N5O/c1-19(9-4-7-14-16-8-10-20(14)2)11-12-5-3-6-13-15(12)18-21-17-13/h3,5-6,8,10H,4,7,9,11H2,1-2H3. The molecule has 0 aliphatic heterocycles. The average molecular weight is 285 g/mol. The third kappa shape index (κ3) is 3.11. The predicted molar refractivity (Wildman–Crippen MR) is 79.7 cm³/mol. The molecule has 0 bridgehead atoms. The molecular formula is C15H19N5O. The van der Waals surface area contributed by atoms with E-state index in [0.29, 0.717) is 0 Å². The number of hydrogen-bond acceptors (Lipinski definition) is 5. The molecule has 21 heavy (non-hydrogen) atoms. The number of aryl methyl sites for hydroxylation is 2. The lowest BCUT2D eigenvalue weighted by Gasteiger charge is -2.16. The highest BCUT2D eigenvalue weighted by Crippen LogP contribution is 2.16. The zero-order valence-electron chi connectivity index (χ0n) is 12.4. The van der Waals surface area contributed by atoms with Gasteiger partial charge in [-0.3, -0.25) is 0 Å². The first-order valence-corrected chi connectivity index (χ1v) is 7.09. The van der Waals surface area contributed by atoms with Crippen LogP contribution < -0.4 is 0 Å². The predicted octanol–water partition coefficient (Wildman–Crippen LogP) is 2.02. The first-order valence-electron chi connectivity index (χ1n) is 7.09. The van der Waals surface area contributed by atoms with Crippen molar-refractivity contribution in [2.45, 2.75) is 19.4 Å². The van der Waals surface area contributed by atoms with Crippen LogP contribution >= 0.6 is 0 Å². The van der Waals surface area contributed by atoms with Crippen molar-refractivity contribution in [3.63, 3.8) is 0 Å². The number of nitrogens with zero attached hydrogens (tertiary/aromatic N) is 5. The van der Waals surface area contributed by atoms with Crippen molar-refractivity contribution in [3.05, 3.63) is 42.0 Å². The maximum atomic E-state index is 4.80. The van der Waals surface area contributed by atoms with Crippen LogP contribution in [0.1, 0.15) is 17.8 Å². The molecule has 0 saturated carbocycles. The van der Waals surface area contributed by atoms with Gasteiger partial charge in [-0.15, -0.1) is 0 Å². The summed E-state index contributed by atoms with van der Waals surface area (Å²) in [6.45, 7) is 1.85. The van der Waals surface area contributed by atoms with Crippen LogP contribution in [-0.4, -0.2) is 38.4 Å². The molecule has 6 nitrogen and oxygen atoms in total. The van der Waals surface area contributed by atoms with Gasteiger partial charge in [0.05, 0.1) is 0 Å². The number of fused-ring (bicyclic) bond motifs is 1. The Bertz CT molecular complexity index is 718. The van der Waals surface area contributed by atoms with E-state index in [2.05, 4.69) is 37.9 Å². The lowest BCUT2D eigenvalue weighted by Crippen LogP contribution is -2.20. The van der Waals surface area contributed by atoms with Gasteiger partial charge in [0.2, 0.25) is 0 Å². The van der Waals surface area contributed by atoms with E-state index in [1.165, 1.54) is 0 Å². The van der Waals surface area contributed by atoms with Crippen LogP contribution in [0, 0.1) is 0 Å². The Morgan fingerprint density at radius 1 is 1.29 bits per heavy atom. The summed E-state index contributed by atoms with van der Waals surface area (Å²) in [7, 11) is 4.15. The third-order valence-corrected chi connectivity index (χ3v) is 3.67. The normalized spacial score (nSPS) is 11.6. The molecule has 0 unspecified atom stereocenters. The molecule has 110 valence electrons. The van der Waals surface area contributed by atoms with Crippen molar-refractivity contribution < 1.29 is 4.63 Å². The highest BCUT2D eigenvalue weighted by atomic mass is 16.6. The number of hydrogen-bond donors (Lipinski definition) is 0. The minimum Gasteiger partial charge on any atom is -0.338 e. The zero-order chi connectivity index (χ0) is 14.7. The number of imidazole rings is 1. The maximum Gasteiger partial charge on any atom is 0.139 e. The molecule has 0 radical (unpaired) electrons. The van der Waals surface area contributed by atoms with E-state index in [1.807, 2.05) is 31.6 Å². The van der Waals surface area contributed by atoms with Gasteiger partial charge in [0.25, 0.3) is 0 Å². The van der Waals surface area contributed by atoms with Crippen molar-refractivity contribution in [2.75, 3.05) is 13.6 Å². The Labute approximate surface area is 123 Å². The summed E-state index contributed by atoms with van der Waals surface area (Å²) in [6.07, 6.45) is 5.90. The van der Waals surface area contributed by atoms with Crippen LogP contribution in [0.2, 0.25) is 0 Å². The summed E-state index contributed by atoms with van der Waals surface area (Å²) in [6, 6.07) is 5.97. The maximum absolute atomic E-state index is 4.80. The average Bonchev–Trinajstić information content (AvgIpc) is 3.09.